The van der Waals surface area contributed by atoms with Crippen molar-refractivity contribution in [2.24, 2.45) is 17.8 Å². The van der Waals surface area contributed by atoms with Crippen LogP contribution >= 0.6 is 11.6 Å². The average molecular weight is 1100 g/mol. The van der Waals surface area contributed by atoms with Gasteiger partial charge in [-0.2, -0.15) is 0 Å². The Morgan fingerprint density at radius 3 is 2.09 bits per heavy atom. The molecule has 2 aromatic rings. The lowest BCUT2D eigenvalue weighted by molar-refractivity contribution is -0.347. The van der Waals surface area contributed by atoms with Gasteiger partial charge in [0, 0.05) is 56.2 Å². The van der Waals surface area contributed by atoms with Gasteiger partial charge in [0.25, 0.3) is 0 Å². The van der Waals surface area contributed by atoms with Crippen LogP contribution in [0.3, 0.4) is 0 Å². The third-order valence-corrected chi connectivity index (χ3v) is 16.0. The fourth-order valence-electron chi connectivity index (χ4n) is 11.1. The number of hydrogen-bond acceptors (Lipinski definition) is 18. The van der Waals surface area contributed by atoms with E-state index >= 15 is 0 Å². The first kappa shape index (κ1) is 62.9. The minimum Gasteiger partial charge on any atom is -0.508 e. The Morgan fingerprint density at radius 2 is 1.49 bits per heavy atom. The van der Waals surface area contributed by atoms with Crippen LogP contribution < -0.4 is 10.6 Å². The summed E-state index contributed by atoms with van der Waals surface area (Å²) in [6.45, 7) is 16.0. The number of phenols is 1. The molecule has 430 valence electrons. The molecule has 0 bridgehead atoms. The zero-order valence-electron chi connectivity index (χ0n) is 46.6. The first-order valence-electron chi connectivity index (χ1n) is 26.6. The van der Waals surface area contributed by atoms with Gasteiger partial charge in [-0.15, -0.1) is 0 Å². The molecule has 0 aromatic heterocycles. The normalized spacial score (nSPS) is 37.3. The molecule has 0 radical (unpaired) electrons. The Kier molecular flexibility index (Phi) is 22.6. The summed E-state index contributed by atoms with van der Waals surface area (Å²) in [5.41, 5.74) is -3.47. The first-order valence-corrected chi connectivity index (χ1v) is 26.9. The second kappa shape index (κ2) is 27.3. The number of rotatable bonds is 15. The molecule has 0 aliphatic carbocycles. The van der Waals surface area contributed by atoms with E-state index in [4.69, 9.17) is 49.5 Å². The molecule has 7 N–H and O–H groups in total. The number of carbonyl (C=O) groups excluding carboxylic acids is 3. The third kappa shape index (κ3) is 16.1. The number of methoxy groups -OCH3 is 1. The van der Waals surface area contributed by atoms with Gasteiger partial charge in [-0.25, -0.2) is 9.59 Å². The van der Waals surface area contributed by atoms with E-state index in [-0.39, 0.29) is 56.2 Å². The van der Waals surface area contributed by atoms with Crippen molar-refractivity contribution in [2.45, 2.75) is 191 Å². The molecule has 0 unspecified atom stereocenters. The number of phenolic OH excluding ortho intramolecular Hbond substituents is 1. The van der Waals surface area contributed by atoms with Crippen LogP contribution in [-0.2, 0) is 55.5 Å². The van der Waals surface area contributed by atoms with E-state index in [2.05, 4.69) is 10.6 Å². The van der Waals surface area contributed by atoms with E-state index in [0.29, 0.717) is 30.8 Å². The largest absolute Gasteiger partial charge is 0.508 e. The second-order valence-electron chi connectivity index (χ2n) is 22.2. The van der Waals surface area contributed by atoms with Crippen molar-refractivity contribution < 1.29 is 77.8 Å². The first-order chi connectivity index (χ1) is 35.6. The van der Waals surface area contributed by atoms with Gasteiger partial charge in [0.15, 0.2) is 31.1 Å². The highest BCUT2D eigenvalue weighted by Crippen LogP contribution is 2.41. The van der Waals surface area contributed by atoms with Crippen molar-refractivity contribution in [1.29, 1.82) is 0 Å². The van der Waals surface area contributed by atoms with E-state index < -0.39 is 108 Å². The van der Waals surface area contributed by atoms with Gasteiger partial charge in [0.1, 0.15) is 29.2 Å². The van der Waals surface area contributed by atoms with Gasteiger partial charge in [-0.05, 0) is 130 Å². The number of esters is 1. The number of carbonyl (C=O) groups is 3. The highest BCUT2D eigenvalue weighted by Gasteiger charge is 2.55. The SMILES string of the molecule is CC[C@@H]1OC(=O)[C@H](C)[C@H](O[C@H]2C[C@@](C)(OC)[C@@H](OC(=O)NCCc3ccccc3Cl)[C@H](O)O2)[C@@H](C)[C@@H](O[C@H]2O[C@H](C)C[C@H](N(C)C)[C@H]2O)[C@@](C)(O)C[C@@H](C)CN(C)[C@@H](C)[C@@H](OC(=O)NCCc2ccc(O)cc2)[C@]1(C)O. The molecule has 21 heteroatoms. The molecule has 2 amide bonds. The van der Waals surface area contributed by atoms with Crippen LogP contribution in [0.25, 0.3) is 0 Å². The lowest BCUT2D eigenvalue weighted by Crippen LogP contribution is -2.61. The zero-order chi connectivity index (χ0) is 56.4. The van der Waals surface area contributed by atoms with Crippen LogP contribution in [0.1, 0.15) is 99.1 Å². The lowest BCUT2D eigenvalue weighted by Gasteiger charge is -2.48. The summed E-state index contributed by atoms with van der Waals surface area (Å²) >= 11 is 6.31. The summed E-state index contributed by atoms with van der Waals surface area (Å²) in [7, 11) is 6.90. The maximum atomic E-state index is 14.9. The number of nitrogens with zero attached hydrogens (tertiary/aromatic N) is 2. The summed E-state index contributed by atoms with van der Waals surface area (Å²) < 4.78 is 50.0. The minimum absolute atomic E-state index is 0.0867. The van der Waals surface area contributed by atoms with Crippen molar-refractivity contribution in [2.75, 3.05) is 47.9 Å². The van der Waals surface area contributed by atoms with E-state index in [0.717, 1.165) is 11.1 Å². The molecular weight excluding hydrogens is 1010 g/mol. The van der Waals surface area contributed by atoms with Crippen molar-refractivity contribution in [1.82, 2.24) is 20.4 Å². The van der Waals surface area contributed by atoms with Gasteiger partial charge in [0.2, 0.25) is 0 Å². The molecule has 20 nitrogen and oxygen atoms in total. The maximum Gasteiger partial charge on any atom is 0.407 e. The molecule has 3 heterocycles. The Bertz CT molecular complexity index is 2170. The molecule has 3 aliphatic heterocycles. The fraction of sp³-hybridized carbons (Fsp3) is 0.727. The van der Waals surface area contributed by atoms with Crippen molar-refractivity contribution >= 4 is 29.8 Å². The number of aliphatic hydroxyl groups is 4. The summed E-state index contributed by atoms with van der Waals surface area (Å²) in [6, 6.07) is 12.8. The molecule has 3 aliphatic rings. The summed E-state index contributed by atoms with van der Waals surface area (Å²) in [6.07, 6.45) is -12.5. The summed E-state index contributed by atoms with van der Waals surface area (Å²) in [5, 5.41) is 64.7. The van der Waals surface area contributed by atoms with Crippen LogP contribution in [0.4, 0.5) is 9.59 Å². The molecule has 18 atom stereocenters. The fourth-order valence-corrected chi connectivity index (χ4v) is 11.3. The molecule has 76 heavy (non-hydrogen) atoms. The standard InChI is InChI=1S/C55H87ClN4O16/c1-14-41-55(9,68)46(75-51(65)57-25-23-36-19-21-38(61)22-20-36)35(6)60(12)30-31(2)28-53(7,67)45(74-50-43(62)40(59(10)11)27-32(3)70-50)33(4)44(34(5)48(63)71-41)72-42-29-54(8,69-13)47(49(64)73-42)76-52(66)58-26-24-37-17-15-16-18-39(37)56/h15-22,31-35,40-47,49-50,61-62,64,67-68H,14,23-30H2,1-13H3,(H,57,65)(H,58,66)/t31-,32-,33-,34-,35+,40+,41+,42-,43-,44-,45-,46-,47+,49-,50-,53+,54-,55-/m1/s1. The monoisotopic (exact) mass is 1090 g/mol. The van der Waals surface area contributed by atoms with Crippen molar-refractivity contribution in [3.63, 3.8) is 0 Å². The molecule has 0 spiro atoms. The van der Waals surface area contributed by atoms with Gasteiger partial charge < -0.3 is 79.0 Å². The quantitative estimate of drug-likeness (QED) is 0.0900. The number of cyclic esters (lactones) is 1. The molecule has 3 saturated heterocycles. The van der Waals surface area contributed by atoms with Gasteiger partial charge in [-0.3, -0.25) is 9.69 Å². The average Bonchev–Trinajstić information content (AvgIpc) is 3.35. The van der Waals surface area contributed by atoms with Gasteiger partial charge in [0.05, 0.1) is 29.8 Å². The third-order valence-electron chi connectivity index (χ3n) is 15.6. The Morgan fingerprint density at radius 1 is 0.868 bits per heavy atom. The Balaban J connectivity index is 1.49. The van der Waals surface area contributed by atoms with Crippen LogP contribution in [0.15, 0.2) is 48.5 Å². The number of hydrogen-bond donors (Lipinski definition) is 7. The maximum absolute atomic E-state index is 14.9. The van der Waals surface area contributed by atoms with Crippen LogP contribution in [0, 0.1) is 17.8 Å². The second-order valence-corrected chi connectivity index (χ2v) is 22.6. The van der Waals surface area contributed by atoms with E-state index in [1.54, 1.807) is 77.9 Å². The predicted octanol–water partition coefficient (Wildman–Crippen LogP) is 5.14. The number of halogens is 1. The number of aliphatic hydroxyl groups excluding tert-OH is 2. The van der Waals surface area contributed by atoms with Crippen LogP contribution in [0.2, 0.25) is 5.02 Å². The summed E-state index contributed by atoms with van der Waals surface area (Å²) in [4.78, 5) is 45.5. The number of likely N-dealkylation sites (N-methyl/N-ethyl adjacent to an activating group) is 2. The zero-order valence-corrected chi connectivity index (χ0v) is 47.4. The van der Waals surface area contributed by atoms with E-state index in [1.165, 1.54) is 14.0 Å². The molecule has 0 saturated carbocycles. The van der Waals surface area contributed by atoms with E-state index in [9.17, 15) is 39.9 Å². The molecule has 3 fully saturated rings. The number of benzene rings is 2. The van der Waals surface area contributed by atoms with Gasteiger partial charge >= 0.3 is 18.2 Å². The van der Waals surface area contributed by atoms with Crippen LogP contribution in [-0.4, -0.2) is 192 Å². The summed E-state index contributed by atoms with van der Waals surface area (Å²) in [5.74, 6) is -3.20. The highest BCUT2D eigenvalue weighted by molar-refractivity contribution is 6.31. The number of amides is 2. The predicted molar refractivity (Wildman–Crippen MR) is 282 cm³/mol. The Labute approximate surface area is 453 Å². The number of aromatic hydroxyl groups is 1. The lowest BCUT2D eigenvalue weighted by atomic mass is 9.77. The van der Waals surface area contributed by atoms with Crippen molar-refractivity contribution in [3.05, 3.63) is 64.7 Å². The number of ether oxygens (including phenoxy) is 8. The topological polar surface area (TPSA) is 257 Å². The number of alkyl carbamates (subject to hydrolysis) is 2. The highest BCUT2D eigenvalue weighted by atomic mass is 35.5. The van der Waals surface area contributed by atoms with E-state index in [1.807, 2.05) is 56.9 Å². The smallest absolute Gasteiger partial charge is 0.407 e. The van der Waals surface area contributed by atoms with Crippen LogP contribution in [0.5, 0.6) is 5.75 Å². The number of nitrogens with one attached hydrogen (secondary N) is 2. The minimum atomic E-state index is -1.99. The van der Waals surface area contributed by atoms with Gasteiger partial charge in [-0.1, -0.05) is 62.7 Å². The molecule has 5 rings (SSSR count). The molecular formula is C55H87ClN4O16. The molecule has 2 aromatic carbocycles. The van der Waals surface area contributed by atoms with Crippen molar-refractivity contribution in [3.8, 4) is 5.75 Å². The Hall–Kier alpha value is -3.90.